The fourth-order valence-electron chi connectivity index (χ4n) is 4.53. The molecule has 0 radical (unpaired) electrons. The molecule has 13 heteroatoms. The van der Waals surface area contributed by atoms with E-state index in [1.165, 1.54) is 0 Å². The molecular formula is C30H27N7O6. The number of likely N-dealkylation sites (tertiary alicyclic amines) is 1. The molecule has 1 aromatic carbocycles. The number of fused-ring (bicyclic) bond motifs is 1. The number of imidazole rings is 1. The van der Waals surface area contributed by atoms with Crippen molar-refractivity contribution < 1.29 is 29.4 Å². The molecule has 0 unspecified atom stereocenters. The van der Waals surface area contributed by atoms with Crippen LogP contribution in [0.15, 0.2) is 73.2 Å². The standard InChI is InChI=1S/C26H23N7O2.C4H4O4/c1-2-6-21(34)32-15-5-7-19(32)25-31-22(23-24(27)29-14-16-33(23)25)17-9-11-18(12-10-17)26(35)30-20-8-3-4-13-28-20;5-3(6)1-2-4(7)8/h3-4,8-14,16,19H,5,7,15H2,1H3,(H2,27,29)(H,28,30,35);1-2H,(H,5,6)(H,7,8)/b;2-1+/t19-;/m0./s1. The Morgan fingerprint density at radius 3 is 2.37 bits per heavy atom. The van der Waals surface area contributed by atoms with Crippen molar-refractivity contribution in [1.29, 1.82) is 0 Å². The van der Waals surface area contributed by atoms with Gasteiger partial charge in [-0.15, -0.1) is 0 Å². The highest BCUT2D eigenvalue weighted by Gasteiger charge is 2.33. The summed E-state index contributed by atoms with van der Waals surface area (Å²) >= 11 is 0. The van der Waals surface area contributed by atoms with Crippen molar-refractivity contribution in [1.82, 2.24) is 24.3 Å². The van der Waals surface area contributed by atoms with E-state index in [1.807, 2.05) is 16.5 Å². The quantitative estimate of drug-likeness (QED) is 0.194. The van der Waals surface area contributed by atoms with E-state index >= 15 is 0 Å². The molecule has 4 aromatic rings. The average molecular weight is 582 g/mol. The second-order valence-electron chi connectivity index (χ2n) is 9.14. The van der Waals surface area contributed by atoms with Crippen molar-refractivity contribution in [2.75, 3.05) is 17.6 Å². The molecule has 1 saturated heterocycles. The fraction of sp³-hybridized carbons (Fsp3) is 0.167. The number of carboxylic acid groups (broad SMARTS) is 2. The predicted molar refractivity (Wildman–Crippen MR) is 157 cm³/mol. The van der Waals surface area contributed by atoms with Crippen LogP contribution in [-0.4, -0.2) is 64.8 Å². The number of pyridine rings is 1. The van der Waals surface area contributed by atoms with Gasteiger partial charge in [-0.05, 0) is 50.0 Å². The Balaban J connectivity index is 0.000000467. The highest BCUT2D eigenvalue weighted by atomic mass is 16.4. The Labute approximate surface area is 245 Å². The zero-order valence-electron chi connectivity index (χ0n) is 23.0. The SMILES string of the molecule is CC#CC(=O)N1CCC[C@H]1c1nc(-c2ccc(C(=O)Nc3ccccn3)cc2)c2c(N)nccn12.O=C(O)/C=C/C(=O)O. The summed E-state index contributed by atoms with van der Waals surface area (Å²) in [5.74, 6) is 3.87. The summed E-state index contributed by atoms with van der Waals surface area (Å²) in [6.07, 6.45) is 7.81. The number of nitrogens with two attached hydrogens (primary N) is 1. The summed E-state index contributed by atoms with van der Waals surface area (Å²) < 4.78 is 1.90. The fourth-order valence-corrected chi connectivity index (χ4v) is 4.53. The van der Waals surface area contributed by atoms with Crippen molar-refractivity contribution >= 4 is 40.9 Å². The Bertz CT molecular complexity index is 1740. The smallest absolute Gasteiger partial charge is 0.328 e. The number of anilines is 2. The van der Waals surface area contributed by atoms with Gasteiger partial charge in [-0.3, -0.25) is 14.0 Å². The van der Waals surface area contributed by atoms with Gasteiger partial charge in [0, 0.05) is 48.4 Å². The molecule has 0 bridgehead atoms. The number of rotatable bonds is 6. The van der Waals surface area contributed by atoms with Gasteiger partial charge in [-0.1, -0.05) is 24.1 Å². The molecule has 1 atom stereocenters. The summed E-state index contributed by atoms with van der Waals surface area (Å²) in [4.78, 5) is 59.4. The first-order valence-electron chi connectivity index (χ1n) is 13.0. The van der Waals surface area contributed by atoms with Gasteiger partial charge in [0.25, 0.3) is 11.8 Å². The van der Waals surface area contributed by atoms with E-state index in [4.69, 9.17) is 20.9 Å². The Morgan fingerprint density at radius 1 is 1.02 bits per heavy atom. The average Bonchev–Trinajstić information content (AvgIpc) is 3.63. The maximum Gasteiger partial charge on any atom is 0.328 e. The van der Waals surface area contributed by atoms with Gasteiger partial charge in [-0.2, -0.15) is 0 Å². The van der Waals surface area contributed by atoms with Crippen LogP contribution in [0.1, 0.15) is 42.0 Å². The second-order valence-corrected chi connectivity index (χ2v) is 9.14. The molecule has 4 heterocycles. The third kappa shape index (κ3) is 7.19. The summed E-state index contributed by atoms with van der Waals surface area (Å²) in [6.45, 7) is 2.28. The zero-order valence-corrected chi connectivity index (χ0v) is 23.0. The van der Waals surface area contributed by atoms with E-state index in [0.29, 0.717) is 52.9 Å². The Hall–Kier alpha value is -6.03. The zero-order chi connectivity index (χ0) is 30.9. The van der Waals surface area contributed by atoms with Crippen LogP contribution < -0.4 is 11.1 Å². The number of nitrogen functional groups attached to an aromatic ring is 1. The first-order valence-corrected chi connectivity index (χ1v) is 13.0. The molecule has 43 heavy (non-hydrogen) atoms. The number of carbonyl (C=O) groups excluding carboxylic acids is 2. The van der Waals surface area contributed by atoms with Crippen LogP contribution in [0.2, 0.25) is 0 Å². The molecule has 5 N–H and O–H groups in total. The maximum absolute atomic E-state index is 12.6. The van der Waals surface area contributed by atoms with Gasteiger partial charge < -0.3 is 26.2 Å². The third-order valence-corrected chi connectivity index (χ3v) is 6.35. The molecule has 5 rings (SSSR count). The van der Waals surface area contributed by atoms with Crippen molar-refractivity contribution in [2.45, 2.75) is 25.8 Å². The minimum Gasteiger partial charge on any atom is -0.478 e. The molecule has 1 aliphatic heterocycles. The number of aromatic nitrogens is 4. The number of aliphatic carboxylic acids is 2. The van der Waals surface area contributed by atoms with Crippen LogP contribution in [-0.2, 0) is 14.4 Å². The van der Waals surface area contributed by atoms with Crippen molar-refractivity contribution in [3.8, 4) is 23.1 Å². The number of nitrogens with one attached hydrogen (secondary N) is 1. The number of benzene rings is 1. The van der Waals surface area contributed by atoms with Gasteiger partial charge in [0.2, 0.25) is 0 Å². The van der Waals surface area contributed by atoms with E-state index < -0.39 is 11.9 Å². The number of nitrogens with zero attached hydrogens (tertiary/aromatic N) is 5. The topological polar surface area (TPSA) is 193 Å². The lowest BCUT2D eigenvalue weighted by molar-refractivity contribution is -0.134. The monoisotopic (exact) mass is 581 g/mol. The minimum atomic E-state index is -1.26. The van der Waals surface area contributed by atoms with Gasteiger partial charge >= 0.3 is 11.9 Å². The van der Waals surface area contributed by atoms with E-state index in [2.05, 4.69) is 27.1 Å². The van der Waals surface area contributed by atoms with E-state index in [0.717, 1.165) is 18.4 Å². The first-order chi connectivity index (χ1) is 20.7. The van der Waals surface area contributed by atoms with Crippen molar-refractivity contribution in [3.05, 3.63) is 84.6 Å². The lowest BCUT2D eigenvalue weighted by atomic mass is 10.1. The van der Waals surface area contributed by atoms with Crippen LogP contribution in [0.25, 0.3) is 16.8 Å². The summed E-state index contributed by atoms with van der Waals surface area (Å²) in [6, 6.07) is 12.2. The van der Waals surface area contributed by atoms with Gasteiger partial charge in [0.15, 0.2) is 0 Å². The van der Waals surface area contributed by atoms with E-state index in [9.17, 15) is 19.2 Å². The molecule has 0 spiro atoms. The Kier molecular flexibility index (Phi) is 9.44. The van der Waals surface area contributed by atoms with Crippen LogP contribution in [0.5, 0.6) is 0 Å². The predicted octanol–water partition coefficient (Wildman–Crippen LogP) is 3.02. The van der Waals surface area contributed by atoms with Crippen molar-refractivity contribution in [3.63, 3.8) is 0 Å². The molecular weight excluding hydrogens is 554 g/mol. The normalized spacial score (nSPS) is 14.0. The lowest BCUT2D eigenvalue weighted by Crippen LogP contribution is -2.30. The number of amides is 2. The number of hydrogen-bond donors (Lipinski definition) is 4. The summed E-state index contributed by atoms with van der Waals surface area (Å²) in [7, 11) is 0. The molecule has 0 saturated carbocycles. The molecule has 2 amide bonds. The van der Waals surface area contributed by atoms with Gasteiger partial charge in [-0.25, -0.2) is 24.5 Å². The maximum atomic E-state index is 12.6. The Morgan fingerprint density at radius 2 is 1.74 bits per heavy atom. The number of carbonyl (C=O) groups is 4. The van der Waals surface area contributed by atoms with E-state index in [1.54, 1.807) is 60.7 Å². The molecule has 1 fully saturated rings. The van der Waals surface area contributed by atoms with Gasteiger partial charge in [0.1, 0.15) is 28.7 Å². The number of hydrogen-bond acceptors (Lipinski definition) is 8. The van der Waals surface area contributed by atoms with Gasteiger partial charge in [0.05, 0.1) is 6.04 Å². The third-order valence-electron chi connectivity index (χ3n) is 6.35. The molecule has 218 valence electrons. The van der Waals surface area contributed by atoms with Crippen molar-refractivity contribution in [2.24, 2.45) is 0 Å². The summed E-state index contributed by atoms with van der Waals surface area (Å²) in [5.41, 5.74) is 8.84. The second kappa shape index (κ2) is 13.6. The molecule has 0 aliphatic carbocycles. The highest BCUT2D eigenvalue weighted by Crippen LogP contribution is 2.36. The van der Waals surface area contributed by atoms with Crippen LogP contribution >= 0.6 is 0 Å². The van der Waals surface area contributed by atoms with Crippen LogP contribution in [0.3, 0.4) is 0 Å². The molecule has 13 nitrogen and oxygen atoms in total. The summed E-state index contributed by atoms with van der Waals surface area (Å²) in [5, 5.41) is 18.4. The lowest BCUT2D eigenvalue weighted by Gasteiger charge is -2.21. The highest BCUT2D eigenvalue weighted by molar-refractivity contribution is 6.04. The molecule has 1 aliphatic rings. The van der Waals surface area contributed by atoms with E-state index in [-0.39, 0.29) is 17.9 Å². The molecule has 3 aromatic heterocycles. The first kappa shape index (κ1) is 29.9. The van der Waals surface area contributed by atoms with Crippen LogP contribution in [0.4, 0.5) is 11.6 Å². The largest absolute Gasteiger partial charge is 0.478 e. The number of carboxylic acids is 2. The minimum absolute atomic E-state index is 0.210. The van der Waals surface area contributed by atoms with Crippen LogP contribution in [0, 0.1) is 11.8 Å².